The lowest BCUT2D eigenvalue weighted by molar-refractivity contribution is 0.0269. The molecule has 0 aliphatic carbocycles. The van der Waals surface area contributed by atoms with E-state index in [1.807, 2.05) is 0 Å². The molecule has 2 fully saturated rings. The highest BCUT2D eigenvalue weighted by Gasteiger charge is 2.30. The van der Waals surface area contributed by atoms with Gasteiger partial charge in [-0.2, -0.15) is 4.31 Å². The third-order valence-electron chi connectivity index (χ3n) is 4.95. The summed E-state index contributed by atoms with van der Waals surface area (Å²) in [5, 5.41) is 0.311. The van der Waals surface area contributed by atoms with Crippen molar-refractivity contribution in [2.75, 3.05) is 53.0 Å². The van der Waals surface area contributed by atoms with E-state index in [1.54, 1.807) is 16.4 Å². The molecule has 2 heterocycles. The smallest absolute Gasteiger partial charge is 0.243 e. The van der Waals surface area contributed by atoms with Crippen LogP contribution < -0.4 is 4.74 Å². The molecule has 0 atom stereocenters. The molecule has 2 aliphatic heterocycles. The number of benzene rings is 1. The summed E-state index contributed by atoms with van der Waals surface area (Å²) in [5.74, 6) is 1.02. The summed E-state index contributed by atoms with van der Waals surface area (Å²) in [7, 11) is -2.00. The molecule has 0 saturated carbocycles. The largest absolute Gasteiger partial charge is 0.495 e. The highest BCUT2D eigenvalue weighted by atomic mass is 35.5. The van der Waals surface area contributed by atoms with Gasteiger partial charge in [0.1, 0.15) is 5.75 Å². The molecule has 0 spiro atoms. The van der Waals surface area contributed by atoms with Crippen LogP contribution in [-0.2, 0) is 14.8 Å². The van der Waals surface area contributed by atoms with Gasteiger partial charge < -0.3 is 9.47 Å². The molecule has 2 saturated heterocycles. The Bertz CT molecular complexity index is 684. The second kappa shape index (κ2) is 8.22. The average Bonchev–Trinajstić information content (AvgIpc) is 2.63. The first-order chi connectivity index (χ1) is 12.0. The van der Waals surface area contributed by atoms with Crippen LogP contribution in [0.4, 0.5) is 0 Å². The van der Waals surface area contributed by atoms with Crippen LogP contribution in [0.3, 0.4) is 0 Å². The normalized spacial score (nSPS) is 21.4. The summed E-state index contributed by atoms with van der Waals surface area (Å²) >= 11 is 6.08. The molecule has 0 N–H and O–H groups in total. The fourth-order valence-electron chi connectivity index (χ4n) is 3.44. The van der Waals surface area contributed by atoms with E-state index in [2.05, 4.69) is 4.90 Å². The molecule has 140 valence electrons. The second-order valence-corrected chi connectivity index (χ2v) is 8.90. The van der Waals surface area contributed by atoms with E-state index < -0.39 is 10.0 Å². The molecule has 0 amide bonds. The van der Waals surface area contributed by atoms with Crippen molar-refractivity contribution in [1.82, 2.24) is 9.21 Å². The fourth-order valence-corrected chi connectivity index (χ4v) is 5.26. The van der Waals surface area contributed by atoms with Gasteiger partial charge in [-0.1, -0.05) is 11.6 Å². The Balaban J connectivity index is 1.60. The highest BCUT2D eigenvalue weighted by molar-refractivity contribution is 7.89. The molecule has 0 aromatic heterocycles. The van der Waals surface area contributed by atoms with Crippen molar-refractivity contribution >= 4 is 21.6 Å². The zero-order valence-electron chi connectivity index (χ0n) is 14.5. The standard InChI is InChI=1S/C17H25ClN2O4S/c1-23-17-3-2-15(12-16(17)18)25(21,22)20-6-4-14(5-7-20)13-19-8-10-24-11-9-19/h2-3,12,14H,4-11,13H2,1H3. The minimum Gasteiger partial charge on any atom is -0.495 e. The zero-order valence-corrected chi connectivity index (χ0v) is 16.1. The van der Waals surface area contributed by atoms with Gasteiger partial charge in [0, 0.05) is 32.7 Å². The lowest BCUT2D eigenvalue weighted by Crippen LogP contribution is -2.44. The van der Waals surface area contributed by atoms with E-state index >= 15 is 0 Å². The van der Waals surface area contributed by atoms with Crippen LogP contribution >= 0.6 is 11.6 Å². The molecule has 8 heteroatoms. The number of piperidine rings is 1. The van der Waals surface area contributed by atoms with Crippen LogP contribution in [0.5, 0.6) is 5.75 Å². The van der Waals surface area contributed by atoms with E-state index in [0.29, 0.717) is 29.8 Å². The first-order valence-corrected chi connectivity index (χ1v) is 10.5. The number of nitrogens with zero attached hydrogens (tertiary/aromatic N) is 2. The Morgan fingerprint density at radius 2 is 1.88 bits per heavy atom. The number of ether oxygens (including phenoxy) is 2. The lowest BCUT2D eigenvalue weighted by Gasteiger charge is -2.35. The van der Waals surface area contributed by atoms with Crippen molar-refractivity contribution in [3.05, 3.63) is 23.2 Å². The predicted octanol–water partition coefficient (Wildman–Crippen LogP) is 2.08. The average molecular weight is 389 g/mol. The minimum atomic E-state index is -3.51. The van der Waals surface area contributed by atoms with Gasteiger partial charge in [-0.05, 0) is 37.0 Å². The first kappa shape index (κ1) is 18.9. The summed E-state index contributed by atoms with van der Waals surface area (Å²) in [5.41, 5.74) is 0. The molecule has 25 heavy (non-hydrogen) atoms. The number of sulfonamides is 1. The minimum absolute atomic E-state index is 0.227. The maximum Gasteiger partial charge on any atom is 0.243 e. The molecule has 0 bridgehead atoms. The molecule has 0 radical (unpaired) electrons. The van der Waals surface area contributed by atoms with Crippen molar-refractivity contribution in [1.29, 1.82) is 0 Å². The number of morpholine rings is 1. The van der Waals surface area contributed by atoms with E-state index in [9.17, 15) is 8.42 Å². The Morgan fingerprint density at radius 3 is 2.48 bits per heavy atom. The number of methoxy groups -OCH3 is 1. The van der Waals surface area contributed by atoms with Gasteiger partial charge in [-0.3, -0.25) is 4.90 Å². The molecule has 3 rings (SSSR count). The molecule has 1 aromatic rings. The molecule has 1 aromatic carbocycles. The van der Waals surface area contributed by atoms with Crippen LogP contribution in [0.15, 0.2) is 23.1 Å². The van der Waals surface area contributed by atoms with E-state index in [1.165, 1.54) is 13.2 Å². The lowest BCUT2D eigenvalue weighted by atomic mass is 9.97. The van der Waals surface area contributed by atoms with Gasteiger partial charge in [0.2, 0.25) is 10.0 Å². The van der Waals surface area contributed by atoms with Crippen molar-refractivity contribution in [2.45, 2.75) is 17.7 Å². The Kier molecular flexibility index (Phi) is 6.22. The second-order valence-electron chi connectivity index (χ2n) is 6.56. The van der Waals surface area contributed by atoms with Crippen molar-refractivity contribution in [3.8, 4) is 5.75 Å². The molecular weight excluding hydrogens is 364 g/mol. The van der Waals surface area contributed by atoms with Gasteiger partial charge in [-0.25, -0.2) is 8.42 Å². The molecule has 0 unspecified atom stereocenters. The quantitative estimate of drug-likeness (QED) is 0.773. The number of hydrogen-bond donors (Lipinski definition) is 0. The number of hydrogen-bond acceptors (Lipinski definition) is 5. The van der Waals surface area contributed by atoms with Crippen LogP contribution in [0, 0.1) is 5.92 Å². The first-order valence-electron chi connectivity index (χ1n) is 8.64. The summed E-state index contributed by atoms with van der Waals surface area (Å²) in [6, 6.07) is 4.62. The topological polar surface area (TPSA) is 59.1 Å². The summed E-state index contributed by atoms with van der Waals surface area (Å²) < 4.78 is 37.7. The van der Waals surface area contributed by atoms with Crippen molar-refractivity contribution < 1.29 is 17.9 Å². The Labute approximate surface area is 154 Å². The van der Waals surface area contributed by atoms with Crippen LogP contribution in [-0.4, -0.2) is 70.7 Å². The van der Waals surface area contributed by atoms with Crippen LogP contribution in [0.2, 0.25) is 5.02 Å². The Morgan fingerprint density at radius 1 is 1.20 bits per heavy atom. The highest BCUT2D eigenvalue weighted by Crippen LogP contribution is 2.30. The van der Waals surface area contributed by atoms with Gasteiger partial charge in [0.15, 0.2) is 0 Å². The van der Waals surface area contributed by atoms with Crippen molar-refractivity contribution in [3.63, 3.8) is 0 Å². The summed E-state index contributed by atoms with van der Waals surface area (Å²) in [4.78, 5) is 2.65. The van der Waals surface area contributed by atoms with E-state index in [4.69, 9.17) is 21.1 Å². The van der Waals surface area contributed by atoms with Crippen LogP contribution in [0.1, 0.15) is 12.8 Å². The Hall–Kier alpha value is -0.860. The maximum atomic E-state index is 12.8. The number of halogens is 1. The number of rotatable bonds is 5. The molecule has 6 nitrogen and oxygen atoms in total. The van der Waals surface area contributed by atoms with Crippen molar-refractivity contribution in [2.24, 2.45) is 5.92 Å². The zero-order chi connectivity index (χ0) is 17.9. The van der Waals surface area contributed by atoms with Crippen LogP contribution in [0.25, 0.3) is 0 Å². The summed E-state index contributed by atoms with van der Waals surface area (Å²) in [6.45, 7) is 5.69. The van der Waals surface area contributed by atoms with Gasteiger partial charge in [0.05, 0.1) is 30.2 Å². The third-order valence-corrected chi connectivity index (χ3v) is 7.14. The van der Waals surface area contributed by atoms with Gasteiger partial charge >= 0.3 is 0 Å². The molecular formula is C17H25ClN2O4S. The SMILES string of the molecule is COc1ccc(S(=O)(=O)N2CCC(CN3CCOCC3)CC2)cc1Cl. The third kappa shape index (κ3) is 4.46. The monoisotopic (exact) mass is 388 g/mol. The molecule has 2 aliphatic rings. The van der Waals surface area contributed by atoms with Gasteiger partial charge in [0.25, 0.3) is 0 Å². The van der Waals surface area contributed by atoms with E-state index in [-0.39, 0.29) is 4.90 Å². The fraction of sp³-hybridized carbons (Fsp3) is 0.647. The van der Waals surface area contributed by atoms with E-state index in [0.717, 1.165) is 45.7 Å². The summed E-state index contributed by atoms with van der Waals surface area (Å²) in [6.07, 6.45) is 1.78. The predicted molar refractivity (Wildman–Crippen MR) is 96.7 cm³/mol. The maximum absolute atomic E-state index is 12.8. The van der Waals surface area contributed by atoms with Gasteiger partial charge in [-0.15, -0.1) is 0 Å².